The third-order valence-electron chi connectivity index (χ3n) is 4.56. The molecule has 2 aromatic rings. The highest BCUT2D eigenvalue weighted by Crippen LogP contribution is 2.42. The molecular formula is C23H24N2O4. The van der Waals surface area contributed by atoms with Crippen molar-refractivity contribution >= 4 is 17.4 Å². The molecule has 2 aromatic carbocycles. The smallest absolute Gasteiger partial charge is 0.257 e. The summed E-state index contributed by atoms with van der Waals surface area (Å²) in [5, 5.41) is 2.81. The molecule has 0 aromatic heterocycles. The second-order valence-corrected chi connectivity index (χ2v) is 7.00. The molecule has 1 aliphatic heterocycles. The lowest BCUT2D eigenvalue weighted by atomic mass is 9.93. The number of amides is 1. The van der Waals surface area contributed by atoms with E-state index in [2.05, 4.69) is 5.32 Å². The van der Waals surface area contributed by atoms with Crippen molar-refractivity contribution in [1.29, 1.82) is 0 Å². The molecule has 0 saturated heterocycles. The fraction of sp³-hybridized carbons (Fsp3) is 0.261. The maximum atomic E-state index is 12.0. The number of hydrogen-bond donors (Lipinski definition) is 1. The summed E-state index contributed by atoms with van der Waals surface area (Å²) in [6.45, 7) is 3.06. The number of allylic oxidation sites excluding steroid dienone is 1. The van der Waals surface area contributed by atoms with E-state index in [-0.39, 0.29) is 18.3 Å². The molecule has 1 amide bonds. The SMILES string of the molecule is Cc1c(OCC(=O)NCCN(C)C)ccc2c1OC(=C=O)C=C2c1ccccc1. The Morgan fingerprint density at radius 3 is 2.62 bits per heavy atom. The van der Waals surface area contributed by atoms with Gasteiger partial charge in [-0.25, -0.2) is 4.79 Å². The predicted molar refractivity (Wildman–Crippen MR) is 112 cm³/mol. The van der Waals surface area contributed by atoms with Crippen molar-refractivity contribution in [2.75, 3.05) is 33.8 Å². The van der Waals surface area contributed by atoms with Gasteiger partial charge < -0.3 is 19.7 Å². The Labute approximate surface area is 170 Å². The van der Waals surface area contributed by atoms with Crippen LogP contribution in [0.2, 0.25) is 0 Å². The lowest BCUT2D eigenvalue weighted by Gasteiger charge is -2.22. The Bertz CT molecular complexity index is 974. The summed E-state index contributed by atoms with van der Waals surface area (Å²) in [4.78, 5) is 25.3. The largest absolute Gasteiger partial charge is 0.483 e. The first-order valence-electron chi connectivity index (χ1n) is 9.38. The van der Waals surface area contributed by atoms with Crippen molar-refractivity contribution in [3.63, 3.8) is 0 Å². The van der Waals surface area contributed by atoms with E-state index in [1.54, 1.807) is 6.08 Å². The van der Waals surface area contributed by atoms with Gasteiger partial charge in [0.05, 0.1) is 0 Å². The molecule has 1 aliphatic rings. The molecule has 0 fully saturated rings. The maximum Gasteiger partial charge on any atom is 0.257 e. The van der Waals surface area contributed by atoms with Gasteiger partial charge in [-0.3, -0.25) is 4.79 Å². The van der Waals surface area contributed by atoms with Crippen molar-refractivity contribution in [2.24, 2.45) is 0 Å². The average molecular weight is 392 g/mol. The van der Waals surface area contributed by atoms with Crippen LogP contribution in [0.3, 0.4) is 0 Å². The van der Waals surface area contributed by atoms with Crippen molar-refractivity contribution in [2.45, 2.75) is 6.92 Å². The number of carbonyl (C=O) groups is 1. The lowest BCUT2D eigenvalue weighted by molar-refractivity contribution is -0.123. The summed E-state index contributed by atoms with van der Waals surface area (Å²) in [6, 6.07) is 13.5. The maximum absolute atomic E-state index is 12.0. The van der Waals surface area contributed by atoms with Gasteiger partial charge in [0.25, 0.3) is 5.91 Å². The topological polar surface area (TPSA) is 67.9 Å². The van der Waals surface area contributed by atoms with E-state index in [1.807, 2.05) is 74.3 Å². The molecule has 0 radical (unpaired) electrons. The minimum absolute atomic E-state index is 0.0924. The van der Waals surface area contributed by atoms with Crippen LogP contribution in [0.4, 0.5) is 0 Å². The molecule has 6 heteroatoms. The van der Waals surface area contributed by atoms with Crippen LogP contribution in [-0.4, -0.2) is 50.5 Å². The van der Waals surface area contributed by atoms with Crippen molar-refractivity contribution in [3.05, 3.63) is 71.0 Å². The van der Waals surface area contributed by atoms with Crippen LogP contribution in [0.5, 0.6) is 11.5 Å². The molecule has 0 unspecified atom stereocenters. The highest BCUT2D eigenvalue weighted by atomic mass is 16.5. The van der Waals surface area contributed by atoms with Crippen molar-refractivity contribution in [3.8, 4) is 11.5 Å². The molecule has 6 nitrogen and oxygen atoms in total. The van der Waals surface area contributed by atoms with Gasteiger partial charge in [-0.05, 0) is 44.3 Å². The lowest BCUT2D eigenvalue weighted by Crippen LogP contribution is -2.34. The van der Waals surface area contributed by atoms with E-state index in [9.17, 15) is 9.59 Å². The zero-order valence-corrected chi connectivity index (χ0v) is 16.8. The van der Waals surface area contributed by atoms with E-state index in [4.69, 9.17) is 9.47 Å². The highest BCUT2D eigenvalue weighted by Gasteiger charge is 2.23. The van der Waals surface area contributed by atoms with E-state index >= 15 is 0 Å². The Morgan fingerprint density at radius 1 is 1.17 bits per heavy atom. The van der Waals surface area contributed by atoms with Crippen LogP contribution in [0.25, 0.3) is 5.57 Å². The monoisotopic (exact) mass is 392 g/mol. The van der Waals surface area contributed by atoms with Gasteiger partial charge in [-0.15, -0.1) is 0 Å². The summed E-state index contributed by atoms with van der Waals surface area (Å²) >= 11 is 0. The van der Waals surface area contributed by atoms with Crippen molar-refractivity contribution < 1.29 is 19.1 Å². The van der Waals surface area contributed by atoms with Gasteiger partial charge in [0.15, 0.2) is 12.5 Å². The molecular weight excluding hydrogens is 368 g/mol. The number of nitrogens with zero attached hydrogens (tertiary/aromatic N) is 1. The quantitative estimate of drug-likeness (QED) is 0.734. The normalized spacial score (nSPS) is 12.6. The molecule has 0 spiro atoms. The first kappa shape index (κ1) is 20.4. The van der Waals surface area contributed by atoms with Gasteiger partial charge in [0.1, 0.15) is 11.5 Å². The molecule has 3 rings (SSSR count). The number of likely N-dealkylation sites (N-methyl/N-ethyl adjacent to an activating group) is 1. The summed E-state index contributed by atoms with van der Waals surface area (Å²) in [5.41, 5.74) is 3.42. The van der Waals surface area contributed by atoms with E-state index < -0.39 is 0 Å². The van der Waals surface area contributed by atoms with Gasteiger partial charge in [-0.2, -0.15) is 0 Å². The molecule has 0 bridgehead atoms. The van der Waals surface area contributed by atoms with Gasteiger partial charge >= 0.3 is 0 Å². The Balaban J connectivity index is 1.81. The third-order valence-corrected chi connectivity index (χ3v) is 4.56. The fourth-order valence-corrected chi connectivity index (χ4v) is 3.04. The van der Waals surface area contributed by atoms with Gasteiger partial charge in [0.2, 0.25) is 5.76 Å². The minimum atomic E-state index is -0.191. The number of ether oxygens (including phenoxy) is 2. The van der Waals surface area contributed by atoms with E-state index in [0.29, 0.717) is 18.0 Å². The standard InChI is InChI=1S/C23H24N2O4/c1-16-21(28-15-22(27)24-11-12-25(2)3)10-9-19-20(17-7-5-4-6-8-17)13-18(14-26)29-23(16)19/h4-10,13H,11-12,15H2,1-3H3,(H,24,27). The number of hydrogen-bond acceptors (Lipinski definition) is 5. The number of nitrogens with one attached hydrogen (secondary N) is 1. The Hall–Kier alpha value is -3.34. The van der Waals surface area contributed by atoms with Crippen LogP contribution in [0, 0.1) is 6.92 Å². The Morgan fingerprint density at radius 2 is 1.93 bits per heavy atom. The first-order chi connectivity index (χ1) is 14.0. The van der Waals surface area contributed by atoms with Crippen LogP contribution in [0.15, 0.2) is 54.3 Å². The molecule has 29 heavy (non-hydrogen) atoms. The number of benzene rings is 2. The van der Waals surface area contributed by atoms with Gasteiger partial charge in [0, 0.05) is 30.3 Å². The zero-order valence-electron chi connectivity index (χ0n) is 16.8. The highest BCUT2D eigenvalue weighted by molar-refractivity contribution is 5.88. The molecule has 150 valence electrons. The second-order valence-electron chi connectivity index (χ2n) is 7.00. The minimum Gasteiger partial charge on any atom is -0.483 e. The predicted octanol–water partition coefficient (Wildman–Crippen LogP) is 2.59. The van der Waals surface area contributed by atoms with E-state index in [1.165, 1.54) is 0 Å². The molecule has 1 N–H and O–H groups in total. The third kappa shape index (κ3) is 4.93. The van der Waals surface area contributed by atoms with Crippen LogP contribution in [0.1, 0.15) is 16.7 Å². The van der Waals surface area contributed by atoms with Crippen LogP contribution in [-0.2, 0) is 9.59 Å². The zero-order chi connectivity index (χ0) is 20.8. The van der Waals surface area contributed by atoms with Crippen LogP contribution >= 0.6 is 0 Å². The molecule has 0 aliphatic carbocycles. The molecule has 1 heterocycles. The van der Waals surface area contributed by atoms with Crippen LogP contribution < -0.4 is 14.8 Å². The van der Waals surface area contributed by atoms with E-state index in [0.717, 1.165) is 28.8 Å². The number of fused-ring (bicyclic) bond motifs is 1. The molecule has 0 saturated carbocycles. The number of carbonyl (C=O) groups excluding carboxylic acids is 2. The Kier molecular flexibility index (Phi) is 6.50. The van der Waals surface area contributed by atoms with Crippen molar-refractivity contribution in [1.82, 2.24) is 10.2 Å². The fourth-order valence-electron chi connectivity index (χ4n) is 3.04. The summed E-state index contributed by atoms with van der Waals surface area (Å²) in [7, 11) is 3.89. The van der Waals surface area contributed by atoms with Gasteiger partial charge in [-0.1, -0.05) is 30.3 Å². The average Bonchev–Trinajstić information content (AvgIpc) is 2.73. The summed E-state index contributed by atoms with van der Waals surface area (Å²) in [6.07, 6.45) is 1.68. The second kappa shape index (κ2) is 9.24. The number of rotatable bonds is 7. The first-order valence-corrected chi connectivity index (χ1v) is 9.38. The summed E-state index contributed by atoms with van der Waals surface area (Å²) in [5.74, 6) is 2.82. The molecule has 0 atom stereocenters. The summed E-state index contributed by atoms with van der Waals surface area (Å²) < 4.78 is 11.4.